The van der Waals surface area contributed by atoms with Gasteiger partial charge in [-0.3, -0.25) is 4.79 Å². The van der Waals surface area contributed by atoms with Gasteiger partial charge in [0.2, 0.25) is 5.91 Å². The molecule has 0 radical (unpaired) electrons. The van der Waals surface area contributed by atoms with Crippen molar-refractivity contribution in [3.8, 4) is 17.6 Å². The zero-order valence-electron chi connectivity index (χ0n) is 7.55. The Labute approximate surface area is 96.8 Å². The molecule has 1 aromatic carbocycles. The van der Waals surface area contributed by atoms with Crippen LogP contribution in [-0.2, 0) is 4.79 Å². The summed E-state index contributed by atoms with van der Waals surface area (Å²) in [5, 5.41) is 9.63. The van der Waals surface area contributed by atoms with Crippen molar-refractivity contribution in [1.82, 2.24) is 0 Å². The Morgan fingerprint density at radius 2 is 2.07 bits per heavy atom. The SMILES string of the molecule is NC(=O)CC#Cc1cc(Cl)c(O)cc1Cl. The van der Waals surface area contributed by atoms with Crippen LogP contribution in [0.2, 0.25) is 10.0 Å². The molecule has 0 spiro atoms. The molecule has 0 aromatic heterocycles. The molecule has 0 heterocycles. The molecule has 0 unspecified atom stereocenters. The third kappa shape index (κ3) is 3.35. The van der Waals surface area contributed by atoms with Crippen molar-refractivity contribution in [2.45, 2.75) is 6.42 Å². The smallest absolute Gasteiger partial charge is 0.229 e. The Hall–Kier alpha value is -1.37. The van der Waals surface area contributed by atoms with Crippen LogP contribution < -0.4 is 5.73 Å². The van der Waals surface area contributed by atoms with Crippen molar-refractivity contribution in [3.05, 3.63) is 27.7 Å². The first-order valence-corrected chi connectivity index (χ1v) is 4.71. The second-order valence-corrected chi connectivity index (χ2v) is 3.54. The summed E-state index contributed by atoms with van der Waals surface area (Å²) >= 11 is 11.4. The number of halogens is 2. The number of phenols is 1. The number of aromatic hydroxyl groups is 1. The molecule has 15 heavy (non-hydrogen) atoms. The zero-order chi connectivity index (χ0) is 11.4. The third-order valence-electron chi connectivity index (χ3n) is 1.52. The van der Waals surface area contributed by atoms with E-state index in [9.17, 15) is 9.90 Å². The highest BCUT2D eigenvalue weighted by atomic mass is 35.5. The van der Waals surface area contributed by atoms with Gasteiger partial charge in [-0.15, -0.1) is 0 Å². The lowest BCUT2D eigenvalue weighted by Gasteiger charge is -1.99. The van der Waals surface area contributed by atoms with E-state index in [-0.39, 0.29) is 22.2 Å². The normalized spacial score (nSPS) is 9.20. The van der Waals surface area contributed by atoms with Crippen molar-refractivity contribution >= 4 is 29.1 Å². The summed E-state index contributed by atoms with van der Waals surface area (Å²) in [5.74, 6) is 4.55. The molecule has 5 heteroatoms. The van der Waals surface area contributed by atoms with Gasteiger partial charge in [-0.05, 0) is 6.07 Å². The Balaban J connectivity index is 2.98. The highest BCUT2D eigenvalue weighted by Gasteiger charge is 2.03. The molecular weight excluding hydrogens is 237 g/mol. The maximum absolute atomic E-state index is 10.4. The molecule has 1 rings (SSSR count). The molecule has 78 valence electrons. The van der Waals surface area contributed by atoms with E-state index < -0.39 is 5.91 Å². The maximum atomic E-state index is 10.4. The Bertz CT molecular complexity index is 460. The van der Waals surface area contributed by atoms with Crippen LogP contribution in [0.25, 0.3) is 0 Å². The zero-order valence-corrected chi connectivity index (χ0v) is 9.06. The Morgan fingerprint density at radius 3 is 2.67 bits per heavy atom. The minimum atomic E-state index is -0.511. The fourth-order valence-corrected chi connectivity index (χ4v) is 1.23. The van der Waals surface area contributed by atoms with Crippen molar-refractivity contribution in [2.75, 3.05) is 0 Å². The molecule has 0 saturated heterocycles. The third-order valence-corrected chi connectivity index (χ3v) is 2.14. The Kier molecular flexibility index (Phi) is 3.84. The van der Waals surface area contributed by atoms with Gasteiger partial charge >= 0.3 is 0 Å². The molecule has 0 bridgehead atoms. The van der Waals surface area contributed by atoms with Crippen LogP contribution in [-0.4, -0.2) is 11.0 Å². The van der Waals surface area contributed by atoms with Gasteiger partial charge in [0.15, 0.2) is 0 Å². The first kappa shape index (κ1) is 11.7. The number of benzene rings is 1. The lowest BCUT2D eigenvalue weighted by molar-refractivity contribution is -0.117. The average molecular weight is 244 g/mol. The minimum absolute atomic E-state index is 0.0468. The van der Waals surface area contributed by atoms with E-state index in [1.54, 1.807) is 0 Å². The topological polar surface area (TPSA) is 63.3 Å². The number of primary amides is 1. The van der Waals surface area contributed by atoms with E-state index in [1.165, 1.54) is 12.1 Å². The van der Waals surface area contributed by atoms with E-state index in [0.29, 0.717) is 5.56 Å². The number of rotatable bonds is 1. The summed E-state index contributed by atoms with van der Waals surface area (Å²) in [6.45, 7) is 0. The van der Waals surface area contributed by atoms with Crippen molar-refractivity contribution in [2.24, 2.45) is 5.73 Å². The summed E-state index contributed by atoms with van der Waals surface area (Å²) in [6, 6.07) is 2.71. The number of hydrogen-bond donors (Lipinski definition) is 2. The van der Waals surface area contributed by atoms with E-state index in [4.69, 9.17) is 28.9 Å². The van der Waals surface area contributed by atoms with Crippen LogP contribution in [0.5, 0.6) is 5.75 Å². The summed E-state index contributed by atoms with van der Waals surface area (Å²) in [4.78, 5) is 10.4. The maximum Gasteiger partial charge on any atom is 0.229 e. The van der Waals surface area contributed by atoms with Gasteiger partial charge in [-0.2, -0.15) is 0 Å². The monoisotopic (exact) mass is 243 g/mol. The molecular formula is C10H7Cl2NO2. The van der Waals surface area contributed by atoms with E-state index in [1.807, 2.05) is 0 Å². The van der Waals surface area contributed by atoms with E-state index in [0.717, 1.165) is 0 Å². The van der Waals surface area contributed by atoms with Crippen molar-refractivity contribution in [1.29, 1.82) is 0 Å². The molecule has 0 aliphatic heterocycles. The van der Waals surface area contributed by atoms with Crippen LogP contribution in [0.1, 0.15) is 12.0 Å². The lowest BCUT2D eigenvalue weighted by atomic mass is 10.2. The van der Waals surface area contributed by atoms with Crippen molar-refractivity contribution < 1.29 is 9.90 Å². The van der Waals surface area contributed by atoms with Crippen LogP contribution in [0.15, 0.2) is 12.1 Å². The van der Waals surface area contributed by atoms with Gasteiger partial charge in [-0.1, -0.05) is 35.0 Å². The molecule has 1 amide bonds. The quantitative estimate of drug-likeness (QED) is 0.741. The number of nitrogens with two attached hydrogens (primary N) is 1. The second kappa shape index (κ2) is 4.92. The van der Waals surface area contributed by atoms with Gasteiger partial charge in [0.1, 0.15) is 5.75 Å². The largest absolute Gasteiger partial charge is 0.506 e. The standard InChI is InChI=1S/C10H7Cl2NO2/c11-7-5-9(14)8(12)4-6(7)2-1-3-10(13)15/h4-5,14H,3H2,(H2,13,15). The van der Waals surface area contributed by atoms with Gasteiger partial charge in [0, 0.05) is 11.6 Å². The summed E-state index contributed by atoms with van der Waals surface area (Å²) < 4.78 is 0. The summed E-state index contributed by atoms with van der Waals surface area (Å²) in [5.41, 5.74) is 5.35. The highest BCUT2D eigenvalue weighted by Crippen LogP contribution is 2.29. The molecule has 0 aliphatic carbocycles. The molecule has 1 aromatic rings. The predicted molar refractivity (Wildman–Crippen MR) is 58.8 cm³/mol. The second-order valence-electron chi connectivity index (χ2n) is 2.73. The summed E-state index contributed by atoms with van der Waals surface area (Å²) in [7, 11) is 0. The first-order valence-electron chi connectivity index (χ1n) is 3.96. The molecule has 0 fully saturated rings. The van der Waals surface area contributed by atoms with Crippen LogP contribution in [0, 0.1) is 11.8 Å². The lowest BCUT2D eigenvalue weighted by Crippen LogP contribution is -2.08. The van der Waals surface area contributed by atoms with Gasteiger partial charge < -0.3 is 10.8 Å². The molecule has 0 atom stereocenters. The van der Waals surface area contributed by atoms with E-state index >= 15 is 0 Å². The Morgan fingerprint density at radius 1 is 1.40 bits per heavy atom. The number of amides is 1. The average Bonchev–Trinajstić information content (AvgIpc) is 2.13. The highest BCUT2D eigenvalue weighted by molar-refractivity contribution is 6.35. The van der Waals surface area contributed by atoms with Crippen molar-refractivity contribution in [3.63, 3.8) is 0 Å². The van der Waals surface area contributed by atoms with Crippen LogP contribution in [0.4, 0.5) is 0 Å². The molecule has 3 N–H and O–H groups in total. The number of carbonyl (C=O) groups excluding carboxylic acids is 1. The molecule has 0 saturated carbocycles. The predicted octanol–water partition coefficient (Wildman–Crippen LogP) is 1.93. The van der Waals surface area contributed by atoms with Crippen LogP contribution in [0.3, 0.4) is 0 Å². The van der Waals surface area contributed by atoms with Gasteiger partial charge in [0.05, 0.1) is 16.5 Å². The number of carbonyl (C=O) groups is 1. The number of hydrogen-bond acceptors (Lipinski definition) is 2. The molecule has 3 nitrogen and oxygen atoms in total. The number of phenolic OH excluding ortho intramolecular Hbond substituents is 1. The van der Waals surface area contributed by atoms with Gasteiger partial charge in [0.25, 0.3) is 0 Å². The fourth-order valence-electron chi connectivity index (χ4n) is 0.859. The van der Waals surface area contributed by atoms with E-state index in [2.05, 4.69) is 11.8 Å². The molecule has 0 aliphatic rings. The first-order chi connectivity index (χ1) is 7.00. The minimum Gasteiger partial charge on any atom is -0.506 e. The summed E-state index contributed by atoms with van der Waals surface area (Å²) in [6.07, 6.45) is -0.0468. The van der Waals surface area contributed by atoms with Gasteiger partial charge in [-0.25, -0.2) is 0 Å². The van der Waals surface area contributed by atoms with Crippen LogP contribution >= 0.6 is 23.2 Å². The fraction of sp³-hybridized carbons (Fsp3) is 0.100.